The molecule has 98 valence electrons. The zero-order valence-corrected chi connectivity index (χ0v) is 9.41. The van der Waals surface area contributed by atoms with Gasteiger partial charge in [-0.3, -0.25) is 14.3 Å². The van der Waals surface area contributed by atoms with Gasteiger partial charge in [0.25, 0.3) is 5.56 Å². The molecule has 2 aromatic heterocycles. The summed E-state index contributed by atoms with van der Waals surface area (Å²) in [6.45, 7) is -0.614. The number of aromatic amines is 1. The van der Waals surface area contributed by atoms with Gasteiger partial charge in [-0.05, 0) is 0 Å². The number of ether oxygens (including phenoxy) is 1. The average Bonchev–Trinajstić information content (AvgIpc) is 2.74. The highest BCUT2D eigenvalue weighted by molar-refractivity contribution is 5.70. The minimum Gasteiger partial charge on any atom is -0.394 e. The lowest BCUT2D eigenvalue weighted by molar-refractivity contribution is -0.0488. The van der Waals surface area contributed by atoms with Crippen LogP contribution in [0.3, 0.4) is 0 Å². The second kappa shape index (κ2) is 5.12. The molecule has 0 saturated heterocycles. The average molecular weight is 256 g/mol. The van der Waals surface area contributed by atoms with Crippen LogP contribution in [0.4, 0.5) is 5.95 Å². The number of nitrogens with zero attached hydrogens (tertiary/aromatic N) is 3. The number of aliphatic hydroxyl groups excluding tert-OH is 2. The van der Waals surface area contributed by atoms with Crippen molar-refractivity contribution >= 4 is 17.1 Å². The van der Waals surface area contributed by atoms with Crippen LogP contribution in [0, 0.1) is 0 Å². The molecule has 18 heavy (non-hydrogen) atoms. The van der Waals surface area contributed by atoms with Crippen LogP contribution in [0.1, 0.15) is 1.43 Å². The quantitative estimate of drug-likeness (QED) is 0.492. The standard InChI is InChI=1S/C9H13N5O4/c10-9-12-7-6(8(17)13-9)11-3-14(7)4-18-5(1-15)2-16/h3,5,15-16H,1-2,4H2,(H3,10,12,13,17)/p+1. The molecule has 0 aliphatic carbocycles. The largest absolute Gasteiger partial charge is 1.00 e. The molecule has 0 aromatic carbocycles. The van der Waals surface area contributed by atoms with Crippen molar-refractivity contribution in [1.29, 1.82) is 0 Å². The summed E-state index contributed by atoms with van der Waals surface area (Å²) in [4.78, 5) is 21.6. The molecule has 0 aliphatic heterocycles. The van der Waals surface area contributed by atoms with Crippen LogP contribution in [0.15, 0.2) is 11.1 Å². The second-order valence-corrected chi connectivity index (χ2v) is 3.62. The van der Waals surface area contributed by atoms with Crippen LogP contribution in [-0.2, 0) is 11.5 Å². The van der Waals surface area contributed by atoms with E-state index in [-0.39, 0.29) is 38.5 Å². The van der Waals surface area contributed by atoms with Gasteiger partial charge < -0.3 is 20.7 Å². The molecule has 0 atom stereocenters. The number of nitrogens with two attached hydrogens (primary N) is 1. The van der Waals surface area contributed by atoms with Crippen molar-refractivity contribution in [3.8, 4) is 0 Å². The first kappa shape index (κ1) is 12.5. The molecule has 0 bridgehead atoms. The summed E-state index contributed by atoms with van der Waals surface area (Å²) in [7, 11) is 0. The third kappa shape index (κ3) is 2.32. The zero-order chi connectivity index (χ0) is 13.1. The van der Waals surface area contributed by atoms with Gasteiger partial charge >= 0.3 is 1.43 Å². The topological polar surface area (TPSA) is 139 Å². The third-order valence-corrected chi connectivity index (χ3v) is 2.35. The van der Waals surface area contributed by atoms with E-state index < -0.39 is 11.7 Å². The maximum Gasteiger partial charge on any atom is 1.00 e. The molecule has 2 aromatic rings. The predicted octanol–water partition coefficient (Wildman–Crippen LogP) is -1.86. The van der Waals surface area contributed by atoms with E-state index in [1.54, 1.807) is 0 Å². The molecular weight excluding hydrogens is 242 g/mol. The summed E-state index contributed by atoms with van der Waals surface area (Å²) in [5, 5.41) is 17.7. The van der Waals surface area contributed by atoms with Crippen molar-refractivity contribution < 1.29 is 16.4 Å². The van der Waals surface area contributed by atoms with Gasteiger partial charge in [-0.1, -0.05) is 0 Å². The van der Waals surface area contributed by atoms with E-state index in [4.69, 9.17) is 20.7 Å². The van der Waals surface area contributed by atoms with Crippen LogP contribution in [-0.4, -0.2) is 49.0 Å². The van der Waals surface area contributed by atoms with Crippen LogP contribution in [0.25, 0.3) is 11.2 Å². The number of H-pyrrole nitrogens is 1. The maximum absolute atomic E-state index is 11.5. The molecule has 0 unspecified atom stereocenters. The Kier molecular flexibility index (Phi) is 3.55. The molecule has 0 spiro atoms. The lowest BCUT2D eigenvalue weighted by atomic mass is 10.4. The summed E-state index contributed by atoms with van der Waals surface area (Å²) in [6, 6.07) is 0. The lowest BCUT2D eigenvalue weighted by Gasteiger charge is -2.12. The molecule has 2 rings (SSSR count). The Morgan fingerprint density at radius 1 is 1.56 bits per heavy atom. The van der Waals surface area contributed by atoms with Gasteiger partial charge in [0.15, 0.2) is 11.2 Å². The van der Waals surface area contributed by atoms with E-state index in [0.29, 0.717) is 0 Å². The van der Waals surface area contributed by atoms with Gasteiger partial charge in [-0.25, -0.2) is 4.98 Å². The van der Waals surface area contributed by atoms with Gasteiger partial charge in [-0.15, -0.1) is 0 Å². The number of aromatic nitrogens is 4. The first-order chi connectivity index (χ1) is 8.65. The Balaban J connectivity index is 0.00000180. The number of anilines is 1. The molecule has 0 radical (unpaired) electrons. The minimum atomic E-state index is -0.693. The van der Waals surface area contributed by atoms with Gasteiger partial charge in [-0.2, -0.15) is 4.98 Å². The van der Waals surface area contributed by atoms with Gasteiger partial charge in [0.2, 0.25) is 5.95 Å². The Labute approximate surface area is 102 Å². The highest BCUT2D eigenvalue weighted by atomic mass is 16.5. The van der Waals surface area contributed by atoms with Crippen molar-refractivity contribution in [3.05, 3.63) is 16.7 Å². The molecule has 0 saturated carbocycles. The normalized spacial score (nSPS) is 11.5. The molecule has 9 nitrogen and oxygen atoms in total. The zero-order valence-electron chi connectivity index (χ0n) is 10.4. The molecule has 0 aliphatic rings. The summed E-state index contributed by atoms with van der Waals surface area (Å²) < 4.78 is 6.66. The number of hydrogen-bond acceptors (Lipinski definition) is 7. The monoisotopic (exact) mass is 256 g/mol. The van der Waals surface area contributed by atoms with Gasteiger partial charge in [0.1, 0.15) is 12.8 Å². The predicted molar refractivity (Wildman–Crippen MR) is 62.7 cm³/mol. The lowest BCUT2D eigenvalue weighted by Crippen LogP contribution is -2.23. The summed E-state index contributed by atoms with van der Waals surface area (Å²) >= 11 is 0. The number of aliphatic hydroxyl groups is 2. The highest BCUT2D eigenvalue weighted by Gasteiger charge is 2.11. The number of nitrogen functional groups attached to an aromatic ring is 1. The number of fused-ring (bicyclic) bond motifs is 1. The molecule has 2 heterocycles. The SMILES string of the molecule is Nc1nc2c(ncn2COC(CO)CO)c(=O)[nH]1.[H+]. The number of rotatable bonds is 5. The molecule has 0 amide bonds. The summed E-state index contributed by atoms with van der Waals surface area (Å²) in [5.74, 6) is -0.0184. The first-order valence-corrected chi connectivity index (χ1v) is 5.19. The van der Waals surface area contributed by atoms with E-state index in [0.717, 1.165) is 0 Å². The Bertz CT molecular complexity index is 594. The van der Waals surface area contributed by atoms with E-state index in [2.05, 4.69) is 15.0 Å². The Hall–Kier alpha value is -1.97. The molecule has 0 fully saturated rings. The Morgan fingerprint density at radius 3 is 2.94 bits per heavy atom. The van der Waals surface area contributed by atoms with Crippen LogP contribution < -0.4 is 11.3 Å². The maximum atomic E-state index is 11.5. The van der Waals surface area contributed by atoms with E-state index in [9.17, 15) is 4.79 Å². The summed E-state index contributed by atoms with van der Waals surface area (Å²) in [5.41, 5.74) is 5.43. The third-order valence-electron chi connectivity index (χ3n) is 2.35. The van der Waals surface area contributed by atoms with Crippen molar-refractivity contribution in [1.82, 2.24) is 19.5 Å². The van der Waals surface area contributed by atoms with Gasteiger partial charge in [0.05, 0.1) is 19.5 Å². The van der Waals surface area contributed by atoms with Gasteiger partial charge in [0, 0.05) is 0 Å². The van der Waals surface area contributed by atoms with Crippen molar-refractivity contribution in [2.75, 3.05) is 18.9 Å². The number of hydrogen-bond donors (Lipinski definition) is 4. The van der Waals surface area contributed by atoms with Crippen LogP contribution >= 0.6 is 0 Å². The summed E-state index contributed by atoms with van der Waals surface area (Å²) in [6.07, 6.45) is 0.680. The van der Waals surface area contributed by atoms with Crippen molar-refractivity contribution in [2.45, 2.75) is 12.8 Å². The fraction of sp³-hybridized carbons (Fsp3) is 0.444. The first-order valence-electron chi connectivity index (χ1n) is 5.19. The Morgan fingerprint density at radius 2 is 2.28 bits per heavy atom. The van der Waals surface area contributed by atoms with Crippen molar-refractivity contribution in [2.24, 2.45) is 0 Å². The van der Waals surface area contributed by atoms with Crippen LogP contribution in [0.2, 0.25) is 0 Å². The number of imidazole rings is 1. The number of nitrogens with one attached hydrogen (secondary N) is 1. The van der Waals surface area contributed by atoms with E-state index in [1.165, 1.54) is 10.9 Å². The fourth-order valence-corrected chi connectivity index (χ4v) is 1.41. The molecule has 5 N–H and O–H groups in total. The fourth-order valence-electron chi connectivity index (χ4n) is 1.41. The van der Waals surface area contributed by atoms with Crippen molar-refractivity contribution in [3.63, 3.8) is 0 Å². The van der Waals surface area contributed by atoms with E-state index in [1.807, 2.05) is 0 Å². The van der Waals surface area contributed by atoms with E-state index >= 15 is 0 Å². The second-order valence-electron chi connectivity index (χ2n) is 3.62. The molecular formula is C9H14N5O4+. The molecule has 9 heteroatoms. The smallest absolute Gasteiger partial charge is 0.394 e. The highest BCUT2D eigenvalue weighted by Crippen LogP contribution is 2.07. The minimum absolute atomic E-state index is 0. The van der Waals surface area contributed by atoms with Crippen LogP contribution in [0.5, 0.6) is 0 Å².